The topological polar surface area (TPSA) is 91.2 Å². The van der Waals surface area contributed by atoms with Crippen molar-refractivity contribution < 1.29 is 18.7 Å². The van der Waals surface area contributed by atoms with Crippen LogP contribution in [0.4, 0.5) is 4.39 Å². The standard InChI is InChI=1S/C17H16FN3O3/c1-10-2-5-15(24-10)16-13(9-20-21-16)8-19-7-12-6-11(17(22)23)3-4-14(12)18/h2-6,9,19H,7-8H2,1H3,(H,20,21)(H,22,23). The molecule has 1 aromatic carbocycles. The van der Waals surface area contributed by atoms with Crippen molar-refractivity contribution in [3.05, 3.63) is 64.8 Å². The molecular weight excluding hydrogens is 313 g/mol. The SMILES string of the molecule is Cc1ccc(-c2[nH]ncc2CNCc2cc(C(=O)O)ccc2F)o1. The molecule has 0 bridgehead atoms. The third-order valence-corrected chi connectivity index (χ3v) is 3.63. The Bertz CT molecular complexity index is 870. The number of aromatic nitrogens is 2. The van der Waals surface area contributed by atoms with Crippen molar-refractivity contribution in [2.45, 2.75) is 20.0 Å². The van der Waals surface area contributed by atoms with E-state index in [0.29, 0.717) is 17.9 Å². The van der Waals surface area contributed by atoms with E-state index in [9.17, 15) is 9.18 Å². The van der Waals surface area contributed by atoms with Crippen LogP contribution >= 0.6 is 0 Å². The number of aromatic carboxylic acids is 1. The summed E-state index contributed by atoms with van der Waals surface area (Å²) in [6, 6.07) is 7.45. The number of furan rings is 1. The number of nitrogens with one attached hydrogen (secondary N) is 2. The number of aromatic amines is 1. The van der Waals surface area contributed by atoms with Crippen molar-refractivity contribution in [2.24, 2.45) is 0 Å². The zero-order valence-electron chi connectivity index (χ0n) is 13.0. The fourth-order valence-electron chi connectivity index (χ4n) is 2.40. The molecule has 0 saturated heterocycles. The van der Waals surface area contributed by atoms with Gasteiger partial charge in [-0.3, -0.25) is 5.10 Å². The Balaban J connectivity index is 1.69. The van der Waals surface area contributed by atoms with Gasteiger partial charge in [-0.05, 0) is 37.3 Å². The van der Waals surface area contributed by atoms with Crippen LogP contribution in [0.25, 0.3) is 11.5 Å². The number of benzene rings is 1. The lowest BCUT2D eigenvalue weighted by molar-refractivity contribution is 0.0696. The van der Waals surface area contributed by atoms with Crippen LogP contribution < -0.4 is 5.32 Å². The highest BCUT2D eigenvalue weighted by Crippen LogP contribution is 2.23. The smallest absolute Gasteiger partial charge is 0.335 e. The predicted octanol–water partition coefficient (Wildman–Crippen LogP) is 3.11. The summed E-state index contributed by atoms with van der Waals surface area (Å²) >= 11 is 0. The molecule has 3 aromatic rings. The van der Waals surface area contributed by atoms with Gasteiger partial charge < -0.3 is 14.8 Å². The molecule has 0 saturated carbocycles. The quantitative estimate of drug-likeness (QED) is 0.646. The molecule has 2 aromatic heterocycles. The third kappa shape index (κ3) is 3.36. The number of aryl methyl sites for hydroxylation is 1. The lowest BCUT2D eigenvalue weighted by Crippen LogP contribution is -2.14. The molecule has 0 aliphatic carbocycles. The molecule has 0 fully saturated rings. The maximum Gasteiger partial charge on any atom is 0.335 e. The Hall–Kier alpha value is -2.93. The van der Waals surface area contributed by atoms with Gasteiger partial charge in [-0.25, -0.2) is 9.18 Å². The van der Waals surface area contributed by atoms with Crippen molar-refractivity contribution in [3.8, 4) is 11.5 Å². The van der Waals surface area contributed by atoms with Crippen molar-refractivity contribution in [1.29, 1.82) is 0 Å². The zero-order chi connectivity index (χ0) is 17.1. The maximum atomic E-state index is 13.8. The summed E-state index contributed by atoms with van der Waals surface area (Å²) in [5.74, 6) is -0.0462. The average molecular weight is 329 g/mol. The van der Waals surface area contributed by atoms with Gasteiger partial charge in [0.15, 0.2) is 5.76 Å². The summed E-state index contributed by atoms with van der Waals surface area (Å²) in [4.78, 5) is 11.0. The zero-order valence-corrected chi connectivity index (χ0v) is 13.0. The van der Waals surface area contributed by atoms with Crippen molar-refractivity contribution in [2.75, 3.05) is 0 Å². The number of carboxylic acid groups (broad SMARTS) is 1. The minimum absolute atomic E-state index is 0.0586. The van der Waals surface area contributed by atoms with E-state index >= 15 is 0 Å². The molecule has 3 rings (SSSR count). The van der Waals surface area contributed by atoms with Gasteiger partial charge in [0, 0.05) is 24.2 Å². The van der Waals surface area contributed by atoms with Crippen LogP contribution in [0.2, 0.25) is 0 Å². The van der Waals surface area contributed by atoms with Gasteiger partial charge >= 0.3 is 5.97 Å². The van der Waals surface area contributed by atoms with Crippen LogP contribution in [0.1, 0.15) is 27.2 Å². The Morgan fingerprint density at radius 3 is 2.79 bits per heavy atom. The summed E-state index contributed by atoms with van der Waals surface area (Å²) in [6.45, 7) is 2.49. The minimum atomic E-state index is -1.08. The molecule has 0 aliphatic heterocycles. The summed E-state index contributed by atoms with van der Waals surface area (Å²) in [6.07, 6.45) is 1.67. The van der Waals surface area contributed by atoms with E-state index in [4.69, 9.17) is 9.52 Å². The molecule has 0 atom stereocenters. The normalized spacial score (nSPS) is 10.9. The molecule has 124 valence electrons. The Labute approximate surface area is 137 Å². The number of carbonyl (C=O) groups is 1. The van der Waals surface area contributed by atoms with Crippen molar-refractivity contribution in [1.82, 2.24) is 15.5 Å². The Kier molecular flexibility index (Phi) is 4.43. The van der Waals surface area contributed by atoms with E-state index < -0.39 is 11.8 Å². The average Bonchev–Trinajstić information content (AvgIpc) is 3.17. The maximum absolute atomic E-state index is 13.8. The minimum Gasteiger partial charge on any atom is -0.478 e. The van der Waals surface area contributed by atoms with Gasteiger partial charge in [-0.2, -0.15) is 5.10 Å². The van der Waals surface area contributed by atoms with Gasteiger partial charge in [0.1, 0.15) is 17.3 Å². The van der Waals surface area contributed by atoms with Gasteiger partial charge in [0.25, 0.3) is 0 Å². The van der Waals surface area contributed by atoms with Crippen LogP contribution in [-0.2, 0) is 13.1 Å². The molecule has 6 nitrogen and oxygen atoms in total. The lowest BCUT2D eigenvalue weighted by Gasteiger charge is -2.07. The fraction of sp³-hybridized carbons (Fsp3) is 0.176. The van der Waals surface area contributed by atoms with E-state index in [1.165, 1.54) is 12.1 Å². The molecule has 0 radical (unpaired) electrons. The van der Waals surface area contributed by atoms with Gasteiger partial charge in [0.05, 0.1) is 11.8 Å². The second kappa shape index (κ2) is 6.67. The van der Waals surface area contributed by atoms with Gasteiger partial charge in [-0.1, -0.05) is 0 Å². The first-order valence-electron chi connectivity index (χ1n) is 7.36. The van der Waals surface area contributed by atoms with Crippen LogP contribution in [0, 0.1) is 12.7 Å². The van der Waals surface area contributed by atoms with Gasteiger partial charge in [-0.15, -0.1) is 0 Å². The first kappa shape index (κ1) is 15.9. The summed E-state index contributed by atoms with van der Waals surface area (Å²) in [5.41, 5.74) is 1.99. The molecule has 0 aliphatic rings. The van der Waals surface area contributed by atoms with Crippen molar-refractivity contribution in [3.63, 3.8) is 0 Å². The first-order chi connectivity index (χ1) is 11.5. The second-order valence-electron chi connectivity index (χ2n) is 5.40. The summed E-state index contributed by atoms with van der Waals surface area (Å²) in [7, 11) is 0. The van der Waals surface area contributed by atoms with Crippen LogP contribution in [0.3, 0.4) is 0 Å². The Morgan fingerprint density at radius 1 is 1.29 bits per heavy atom. The first-order valence-corrected chi connectivity index (χ1v) is 7.36. The van der Waals surface area contributed by atoms with Crippen molar-refractivity contribution >= 4 is 5.97 Å². The molecular formula is C17H16FN3O3. The van der Waals surface area contributed by atoms with Crippen LogP contribution in [-0.4, -0.2) is 21.3 Å². The van der Waals surface area contributed by atoms with E-state index in [1.54, 1.807) is 6.20 Å². The van der Waals surface area contributed by atoms with Crippen LogP contribution in [0.5, 0.6) is 0 Å². The summed E-state index contributed by atoms with van der Waals surface area (Å²) < 4.78 is 19.3. The molecule has 0 spiro atoms. The number of H-pyrrole nitrogens is 1. The predicted molar refractivity (Wildman–Crippen MR) is 84.9 cm³/mol. The number of nitrogens with zero attached hydrogens (tertiary/aromatic N) is 1. The summed E-state index contributed by atoms with van der Waals surface area (Å²) in [5, 5.41) is 19.0. The number of rotatable bonds is 6. The molecule has 7 heteroatoms. The monoisotopic (exact) mass is 329 g/mol. The van der Waals surface area contributed by atoms with E-state index in [1.807, 2.05) is 19.1 Å². The molecule has 0 amide bonds. The molecule has 0 unspecified atom stereocenters. The van der Waals surface area contributed by atoms with E-state index in [2.05, 4.69) is 15.5 Å². The highest BCUT2D eigenvalue weighted by atomic mass is 19.1. The largest absolute Gasteiger partial charge is 0.478 e. The molecule has 24 heavy (non-hydrogen) atoms. The van der Waals surface area contributed by atoms with Crippen LogP contribution in [0.15, 0.2) is 40.9 Å². The molecule has 2 heterocycles. The lowest BCUT2D eigenvalue weighted by atomic mass is 10.1. The molecule has 3 N–H and O–H groups in total. The number of hydrogen-bond acceptors (Lipinski definition) is 4. The fourth-order valence-corrected chi connectivity index (χ4v) is 2.40. The third-order valence-electron chi connectivity index (χ3n) is 3.63. The number of hydrogen-bond donors (Lipinski definition) is 3. The second-order valence-corrected chi connectivity index (χ2v) is 5.40. The van der Waals surface area contributed by atoms with E-state index in [0.717, 1.165) is 23.1 Å². The highest BCUT2D eigenvalue weighted by Gasteiger charge is 2.12. The number of carboxylic acids is 1. The number of halogens is 1. The Morgan fingerprint density at radius 2 is 2.08 bits per heavy atom. The van der Waals surface area contributed by atoms with E-state index in [-0.39, 0.29) is 12.1 Å². The van der Waals surface area contributed by atoms with Gasteiger partial charge in [0.2, 0.25) is 0 Å². The highest BCUT2D eigenvalue weighted by molar-refractivity contribution is 5.87.